The summed E-state index contributed by atoms with van der Waals surface area (Å²) in [4.78, 5) is 18.7. The number of thioether (sulfide) groups is 1. The maximum absolute atomic E-state index is 13.8. The van der Waals surface area contributed by atoms with Gasteiger partial charge in [0.2, 0.25) is 5.95 Å². The minimum atomic E-state index is -4.44. The lowest BCUT2D eigenvalue weighted by Gasteiger charge is -2.33. The van der Waals surface area contributed by atoms with E-state index in [4.69, 9.17) is 9.72 Å². The van der Waals surface area contributed by atoms with Crippen LogP contribution in [0.1, 0.15) is 80.4 Å². The average molecular weight is 616 g/mol. The number of nitrogens with zero attached hydrogens (tertiary/aromatic N) is 5. The third kappa shape index (κ3) is 8.77. The third-order valence-corrected chi connectivity index (χ3v) is 8.73. The molecule has 1 atom stereocenters. The van der Waals surface area contributed by atoms with Crippen molar-refractivity contribution in [1.29, 1.82) is 0 Å². The first-order valence-electron chi connectivity index (χ1n) is 15.3. The number of benzene rings is 1. The van der Waals surface area contributed by atoms with Crippen molar-refractivity contribution in [2.24, 2.45) is 5.92 Å². The zero-order valence-electron chi connectivity index (χ0n) is 26.0. The molecule has 1 aliphatic rings. The normalized spacial score (nSPS) is 14.6. The molecule has 234 valence electrons. The van der Waals surface area contributed by atoms with Crippen molar-refractivity contribution in [3.05, 3.63) is 70.7 Å². The molecule has 0 amide bonds. The largest absolute Gasteiger partial charge is 0.489 e. The number of ether oxygens (including phenoxy) is 1. The van der Waals surface area contributed by atoms with Crippen molar-refractivity contribution in [3.63, 3.8) is 0 Å². The van der Waals surface area contributed by atoms with Gasteiger partial charge in [0.05, 0.1) is 37.2 Å². The topological polar surface area (TPSA) is 54.4 Å². The number of anilines is 2. The van der Waals surface area contributed by atoms with Gasteiger partial charge in [0, 0.05) is 30.1 Å². The lowest BCUT2D eigenvalue weighted by molar-refractivity contribution is -0.137. The molecule has 0 aliphatic heterocycles. The van der Waals surface area contributed by atoms with Crippen LogP contribution >= 0.6 is 11.8 Å². The zero-order chi connectivity index (χ0) is 31.0. The summed E-state index contributed by atoms with van der Waals surface area (Å²) in [6, 6.07) is 7.93. The second kappa shape index (κ2) is 15.1. The molecule has 1 saturated carbocycles. The van der Waals surface area contributed by atoms with Gasteiger partial charge in [-0.05, 0) is 76.0 Å². The van der Waals surface area contributed by atoms with Crippen LogP contribution in [0.25, 0.3) is 0 Å². The first-order valence-corrected chi connectivity index (χ1v) is 16.6. The quantitative estimate of drug-likeness (QED) is 0.169. The van der Waals surface area contributed by atoms with E-state index in [0.29, 0.717) is 41.9 Å². The number of halogens is 3. The monoisotopic (exact) mass is 615 g/mol. The average Bonchev–Trinajstić information content (AvgIpc) is 3.51. The van der Waals surface area contributed by atoms with E-state index >= 15 is 0 Å². The molecule has 1 fully saturated rings. The van der Waals surface area contributed by atoms with Crippen LogP contribution in [0.5, 0.6) is 5.75 Å². The van der Waals surface area contributed by atoms with Gasteiger partial charge in [-0.1, -0.05) is 37.5 Å². The Labute approximate surface area is 258 Å². The van der Waals surface area contributed by atoms with Crippen molar-refractivity contribution in [3.8, 4) is 5.75 Å². The minimum Gasteiger partial charge on any atom is -0.489 e. The predicted octanol–water partition coefficient (Wildman–Crippen LogP) is 8.29. The fraction of sp³-hybridized carbons (Fsp3) is 0.545. The Balaban J connectivity index is 1.74. The number of hydrogen-bond acceptors (Lipinski definition) is 7. The van der Waals surface area contributed by atoms with Crippen molar-refractivity contribution < 1.29 is 17.9 Å². The lowest BCUT2D eigenvalue weighted by Crippen LogP contribution is -2.33. The molecule has 0 N–H and O–H groups in total. The summed E-state index contributed by atoms with van der Waals surface area (Å²) in [6.07, 6.45) is 6.68. The second-order valence-corrected chi connectivity index (χ2v) is 12.3. The molecule has 2 heterocycles. The summed E-state index contributed by atoms with van der Waals surface area (Å²) >= 11 is 1.69. The van der Waals surface area contributed by atoms with Crippen molar-refractivity contribution in [2.75, 3.05) is 41.5 Å². The molecular weight excluding hydrogens is 571 g/mol. The SMILES string of the molecule is CCc1ccc(CN(c2ncc(OCCSC)cn2)C(C)c2cc(C)cc(C(F)(F)F)c2)c(N(CC)CC2CCCC2)n1. The first-order chi connectivity index (χ1) is 20.6. The number of hydrogen-bond donors (Lipinski definition) is 0. The molecular formula is C33H44F3N5OS. The number of rotatable bonds is 14. The number of alkyl halides is 3. The fourth-order valence-electron chi connectivity index (χ4n) is 5.72. The second-order valence-electron chi connectivity index (χ2n) is 11.3. The Kier molecular flexibility index (Phi) is 11.6. The van der Waals surface area contributed by atoms with Gasteiger partial charge in [0.15, 0.2) is 5.75 Å². The Bertz CT molecular complexity index is 1310. The Morgan fingerprint density at radius 2 is 1.79 bits per heavy atom. The summed E-state index contributed by atoms with van der Waals surface area (Å²) < 4.78 is 47.2. The number of pyridine rings is 1. The van der Waals surface area contributed by atoms with Gasteiger partial charge >= 0.3 is 6.18 Å². The molecule has 1 aromatic carbocycles. The Morgan fingerprint density at radius 3 is 2.42 bits per heavy atom. The van der Waals surface area contributed by atoms with Crippen molar-refractivity contribution >= 4 is 23.5 Å². The van der Waals surface area contributed by atoms with Crippen LogP contribution in [0.15, 0.2) is 42.7 Å². The van der Waals surface area contributed by atoms with E-state index in [1.165, 1.54) is 37.8 Å². The molecule has 0 saturated heterocycles. The van der Waals surface area contributed by atoms with E-state index in [1.54, 1.807) is 31.1 Å². The zero-order valence-corrected chi connectivity index (χ0v) is 26.8. The Hall–Kier alpha value is -3.01. The van der Waals surface area contributed by atoms with Gasteiger partial charge in [-0.15, -0.1) is 0 Å². The standard InChI is InChI=1S/C33H44F3N5OS/c1-6-29-13-12-26(31(39-29)40(7-2)21-25-10-8-9-11-25)22-41(32-37-19-30(20-38-32)42-14-15-43-5)24(4)27-16-23(3)17-28(18-27)33(34,35)36/h12-13,16-20,24-25H,6-11,14-15,21-22H2,1-5H3. The Morgan fingerprint density at radius 1 is 1.07 bits per heavy atom. The van der Waals surface area contributed by atoms with E-state index in [0.717, 1.165) is 42.3 Å². The van der Waals surface area contributed by atoms with Gasteiger partial charge in [-0.3, -0.25) is 0 Å². The van der Waals surface area contributed by atoms with Crippen LogP contribution in [0, 0.1) is 12.8 Å². The summed E-state index contributed by atoms with van der Waals surface area (Å²) in [5, 5.41) is 0. The molecule has 43 heavy (non-hydrogen) atoms. The molecule has 1 unspecified atom stereocenters. The lowest BCUT2D eigenvalue weighted by atomic mass is 10.00. The molecule has 2 aromatic heterocycles. The summed E-state index contributed by atoms with van der Waals surface area (Å²) in [7, 11) is 0. The molecule has 10 heteroatoms. The van der Waals surface area contributed by atoms with Crippen molar-refractivity contribution in [2.45, 2.75) is 78.6 Å². The van der Waals surface area contributed by atoms with Crippen molar-refractivity contribution in [1.82, 2.24) is 15.0 Å². The van der Waals surface area contributed by atoms with Crippen LogP contribution in [0.4, 0.5) is 24.9 Å². The van der Waals surface area contributed by atoms with E-state index in [2.05, 4.69) is 34.8 Å². The smallest absolute Gasteiger partial charge is 0.416 e. The highest BCUT2D eigenvalue weighted by Gasteiger charge is 2.32. The number of aromatic nitrogens is 3. The molecule has 6 nitrogen and oxygen atoms in total. The van der Waals surface area contributed by atoms with Crippen LogP contribution in [0.3, 0.4) is 0 Å². The predicted molar refractivity (Wildman–Crippen MR) is 170 cm³/mol. The van der Waals surface area contributed by atoms with E-state index in [-0.39, 0.29) is 0 Å². The van der Waals surface area contributed by atoms with Crippen LogP contribution in [-0.4, -0.2) is 46.7 Å². The van der Waals surface area contributed by atoms with E-state index < -0.39 is 17.8 Å². The van der Waals surface area contributed by atoms with Crippen LogP contribution in [0.2, 0.25) is 0 Å². The highest BCUT2D eigenvalue weighted by Crippen LogP contribution is 2.36. The van der Waals surface area contributed by atoms with Crippen LogP contribution in [-0.2, 0) is 19.1 Å². The fourth-order valence-corrected chi connectivity index (χ4v) is 5.97. The van der Waals surface area contributed by atoms with Gasteiger partial charge in [-0.2, -0.15) is 24.9 Å². The maximum Gasteiger partial charge on any atom is 0.416 e. The molecule has 0 radical (unpaired) electrons. The molecule has 0 spiro atoms. The van der Waals surface area contributed by atoms with Gasteiger partial charge in [0.25, 0.3) is 0 Å². The molecule has 3 aromatic rings. The van der Waals surface area contributed by atoms with Crippen LogP contribution < -0.4 is 14.5 Å². The minimum absolute atomic E-state index is 0.386. The summed E-state index contributed by atoms with van der Waals surface area (Å²) in [5.41, 5.74) is 2.46. The highest BCUT2D eigenvalue weighted by molar-refractivity contribution is 7.98. The molecule has 4 rings (SSSR count). The maximum atomic E-state index is 13.8. The summed E-state index contributed by atoms with van der Waals surface area (Å²) in [5.74, 6) is 3.40. The molecule has 0 bridgehead atoms. The van der Waals surface area contributed by atoms with Gasteiger partial charge < -0.3 is 14.5 Å². The van der Waals surface area contributed by atoms with E-state index in [1.807, 2.05) is 30.2 Å². The third-order valence-electron chi connectivity index (χ3n) is 8.16. The highest BCUT2D eigenvalue weighted by atomic mass is 32.2. The van der Waals surface area contributed by atoms with Gasteiger partial charge in [-0.25, -0.2) is 15.0 Å². The molecule has 1 aliphatic carbocycles. The van der Waals surface area contributed by atoms with E-state index in [9.17, 15) is 13.2 Å². The number of aryl methyl sites for hydroxylation is 2. The van der Waals surface area contributed by atoms with Gasteiger partial charge in [0.1, 0.15) is 5.82 Å². The summed E-state index contributed by atoms with van der Waals surface area (Å²) in [6.45, 7) is 10.6. The first kappa shape index (κ1) is 32.9.